The summed E-state index contributed by atoms with van der Waals surface area (Å²) in [6, 6.07) is 11.6. The zero-order valence-corrected chi connectivity index (χ0v) is 21.7. The zero-order chi connectivity index (χ0) is 27.2. The van der Waals surface area contributed by atoms with Crippen molar-refractivity contribution in [1.82, 2.24) is 10.2 Å². The van der Waals surface area contributed by atoms with E-state index in [9.17, 15) is 14.4 Å². The van der Waals surface area contributed by atoms with E-state index in [0.717, 1.165) is 24.1 Å². The van der Waals surface area contributed by atoms with Crippen LogP contribution in [0.1, 0.15) is 43.0 Å². The van der Waals surface area contributed by atoms with Crippen molar-refractivity contribution in [2.45, 2.75) is 44.7 Å². The van der Waals surface area contributed by atoms with Gasteiger partial charge in [-0.3, -0.25) is 14.4 Å². The lowest BCUT2D eigenvalue weighted by Crippen LogP contribution is -2.67. The standard InChI is InChI=1S/C20H28N6O3.C8H10/c1-3-13-9-15(10-23-17(13)4-2)25-18(27)11-24-20(29)16(22)5-6-19(28)26-8-7-14(21)12-26;1-2-8-6-4-3-5-7-8/h3-4,9-10,14,16H,1-2,5-8,11-12,21-22H2,(H,24,29)(H,25,27);3-7H,2H2,1H3/p+2. The minimum Gasteiger partial charge on any atom is -0.347 e. The van der Waals surface area contributed by atoms with Crippen LogP contribution in [0, 0.1) is 0 Å². The number of hydrogen-bond acceptors (Lipinski definition) is 4. The molecule has 2 atom stereocenters. The van der Waals surface area contributed by atoms with Crippen LogP contribution in [0.2, 0.25) is 0 Å². The second kappa shape index (κ2) is 15.3. The molecule has 9 heteroatoms. The van der Waals surface area contributed by atoms with Crippen LogP contribution in [0.15, 0.2) is 55.8 Å². The number of quaternary nitrogens is 1. The molecule has 9 nitrogen and oxygen atoms in total. The van der Waals surface area contributed by atoms with E-state index in [2.05, 4.69) is 65.7 Å². The van der Waals surface area contributed by atoms with E-state index < -0.39 is 6.04 Å². The molecule has 0 radical (unpaired) electrons. The number of anilines is 1. The third-order valence-electron chi connectivity index (χ3n) is 6.04. The Hall–Kier alpha value is -3.82. The fraction of sp³-hybridized carbons (Fsp3) is 0.357. The Kier molecular flexibility index (Phi) is 12.2. The Morgan fingerprint density at radius 3 is 2.54 bits per heavy atom. The molecule has 0 saturated carbocycles. The fourth-order valence-electron chi connectivity index (χ4n) is 3.77. The molecule has 1 fully saturated rings. The van der Waals surface area contributed by atoms with Crippen LogP contribution in [-0.4, -0.2) is 54.3 Å². The summed E-state index contributed by atoms with van der Waals surface area (Å²) in [5, 5.41) is 5.24. The summed E-state index contributed by atoms with van der Waals surface area (Å²) in [5.41, 5.74) is 13.1. The maximum absolute atomic E-state index is 12.1. The van der Waals surface area contributed by atoms with Gasteiger partial charge in [0.2, 0.25) is 17.5 Å². The number of aromatic nitrogens is 1. The normalized spacial score (nSPS) is 15.1. The second-order valence-corrected chi connectivity index (χ2v) is 8.89. The van der Waals surface area contributed by atoms with Crippen LogP contribution in [0.5, 0.6) is 0 Å². The van der Waals surface area contributed by atoms with Crippen molar-refractivity contribution >= 4 is 35.6 Å². The van der Waals surface area contributed by atoms with Gasteiger partial charge in [0, 0.05) is 43.6 Å². The van der Waals surface area contributed by atoms with E-state index in [4.69, 9.17) is 5.73 Å². The number of benzene rings is 1. The van der Waals surface area contributed by atoms with E-state index in [1.165, 1.54) is 5.56 Å². The highest BCUT2D eigenvalue weighted by molar-refractivity contribution is 5.95. The molecule has 1 saturated heterocycles. The predicted molar refractivity (Wildman–Crippen MR) is 146 cm³/mol. The summed E-state index contributed by atoms with van der Waals surface area (Å²) < 4.78 is 0. The summed E-state index contributed by atoms with van der Waals surface area (Å²) in [7, 11) is 0. The summed E-state index contributed by atoms with van der Waals surface area (Å²) in [4.78, 5) is 41.1. The minimum atomic E-state index is -0.615. The third-order valence-corrected chi connectivity index (χ3v) is 6.04. The summed E-state index contributed by atoms with van der Waals surface area (Å²) in [5.74, 6) is -0.761. The molecular weight excluding hydrogens is 468 g/mol. The van der Waals surface area contributed by atoms with Crippen molar-refractivity contribution in [3.8, 4) is 0 Å². The van der Waals surface area contributed by atoms with Crippen molar-refractivity contribution in [2.24, 2.45) is 5.73 Å². The molecule has 3 amide bonds. The monoisotopic (exact) mass is 508 g/mol. The van der Waals surface area contributed by atoms with Crippen LogP contribution >= 0.6 is 0 Å². The second-order valence-electron chi connectivity index (χ2n) is 8.89. The molecule has 0 spiro atoms. The average molecular weight is 509 g/mol. The highest BCUT2D eigenvalue weighted by Crippen LogP contribution is 2.12. The Labute approximate surface area is 219 Å². The highest BCUT2D eigenvalue weighted by Gasteiger charge is 2.25. The number of aromatic amines is 1. The first kappa shape index (κ1) is 29.4. The smallest absolute Gasteiger partial charge is 0.278 e. The predicted octanol–water partition coefficient (Wildman–Crippen LogP) is 1.04. The number of likely N-dealkylation sites (tertiary alicyclic amines) is 1. The molecule has 2 aromatic rings. The van der Waals surface area contributed by atoms with Gasteiger partial charge in [-0.25, -0.2) is 4.98 Å². The van der Waals surface area contributed by atoms with Crippen molar-refractivity contribution in [2.75, 3.05) is 25.0 Å². The summed E-state index contributed by atoms with van der Waals surface area (Å²) in [6.45, 7) is 10.6. The van der Waals surface area contributed by atoms with Gasteiger partial charge in [-0.05, 0) is 24.5 Å². The number of hydrogen-bond donors (Lipinski definition) is 4. The number of nitrogens with one attached hydrogen (secondary N) is 3. The van der Waals surface area contributed by atoms with Crippen molar-refractivity contribution in [3.63, 3.8) is 0 Å². The molecule has 37 heavy (non-hydrogen) atoms. The fourth-order valence-corrected chi connectivity index (χ4v) is 3.77. The SMILES string of the molecule is C=Cc1cc(NC(=O)CNC(=O)C([NH3+])CCC(=O)N2CCC(N)C2)c[nH+]c1C=C.CCc1ccccc1. The Bertz CT molecular complexity index is 1070. The lowest BCUT2D eigenvalue weighted by atomic mass is 10.1. The number of carbonyl (C=O) groups excluding carboxylic acids is 3. The maximum Gasteiger partial charge on any atom is 0.278 e. The van der Waals surface area contributed by atoms with Crippen molar-refractivity contribution < 1.29 is 25.1 Å². The van der Waals surface area contributed by atoms with Crippen LogP contribution in [0.3, 0.4) is 0 Å². The molecule has 1 aliphatic rings. The van der Waals surface area contributed by atoms with Gasteiger partial charge in [0.1, 0.15) is 5.69 Å². The molecular formula is C28H40N6O3+2. The first-order chi connectivity index (χ1) is 17.8. The number of rotatable bonds is 10. The summed E-state index contributed by atoms with van der Waals surface area (Å²) >= 11 is 0. The number of carbonyl (C=O) groups is 3. The maximum atomic E-state index is 12.1. The first-order valence-electron chi connectivity index (χ1n) is 12.6. The first-order valence-corrected chi connectivity index (χ1v) is 12.6. The van der Waals surface area contributed by atoms with Gasteiger partial charge in [0.05, 0.1) is 6.54 Å². The molecule has 1 aromatic heterocycles. The molecule has 3 rings (SSSR count). The topological polar surface area (TPSA) is 146 Å². The highest BCUT2D eigenvalue weighted by atomic mass is 16.2. The largest absolute Gasteiger partial charge is 0.347 e. The van der Waals surface area contributed by atoms with Crippen molar-refractivity contribution in [1.29, 1.82) is 0 Å². The molecule has 1 aromatic carbocycles. The van der Waals surface area contributed by atoms with Crippen molar-refractivity contribution in [3.05, 3.63) is 72.6 Å². The van der Waals surface area contributed by atoms with Gasteiger partial charge in [-0.2, -0.15) is 0 Å². The molecule has 8 N–H and O–H groups in total. The Morgan fingerprint density at radius 1 is 1.24 bits per heavy atom. The number of amides is 3. The molecule has 0 bridgehead atoms. The molecule has 2 unspecified atom stereocenters. The van der Waals surface area contributed by atoms with E-state index >= 15 is 0 Å². The van der Waals surface area contributed by atoms with Gasteiger partial charge < -0.3 is 27.0 Å². The lowest BCUT2D eigenvalue weighted by molar-refractivity contribution is -0.404. The summed E-state index contributed by atoms with van der Waals surface area (Å²) in [6.07, 6.45) is 7.42. The number of nitrogens with two attached hydrogens (primary N) is 1. The van der Waals surface area contributed by atoms with Gasteiger partial charge in [0.15, 0.2) is 12.2 Å². The number of aryl methyl sites for hydroxylation is 1. The molecule has 2 heterocycles. The minimum absolute atomic E-state index is 0.0191. The van der Waals surface area contributed by atoms with E-state index in [1.54, 1.807) is 29.3 Å². The lowest BCUT2D eigenvalue weighted by Gasteiger charge is -2.16. The Balaban J connectivity index is 0.000000510. The third kappa shape index (κ3) is 9.98. The van der Waals surface area contributed by atoms with Crippen LogP contribution < -0.4 is 27.1 Å². The average Bonchev–Trinajstić information content (AvgIpc) is 3.37. The van der Waals surface area contributed by atoms with E-state index in [0.29, 0.717) is 25.2 Å². The molecule has 198 valence electrons. The van der Waals surface area contributed by atoms with Gasteiger partial charge in [0.25, 0.3) is 5.91 Å². The number of pyridine rings is 1. The van der Waals surface area contributed by atoms with E-state index in [-0.39, 0.29) is 36.7 Å². The zero-order valence-electron chi connectivity index (χ0n) is 21.7. The Morgan fingerprint density at radius 2 is 1.97 bits per heavy atom. The van der Waals surface area contributed by atoms with Crippen LogP contribution in [0.25, 0.3) is 12.2 Å². The van der Waals surface area contributed by atoms with Crippen LogP contribution in [-0.2, 0) is 20.8 Å². The van der Waals surface area contributed by atoms with Gasteiger partial charge in [-0.1, -0.05) is 56.5 Å². The number of H-pyrrole nitrogens is 1. The quantitative estimate of drug-likeness (QED) is 0.380. The van der Waals surface area contributed by atoms with Crippen LogP contribution in [0.4, 0.5) is 5.69 Å². The number of nitrogens with zero attached hydrogens (tertiary/aromatic N) is 1. The molecule has 0 aliphatic carbocycles. The molecule has 1 aliphatic heterocycles. The van der Waals surface area contributed by atoms with E-state index in [1.807, 2.05) is 6.07 Å². The van der Waals surface area contributed by atoms with Gasteiger partial charge in [-0.15, -0.1) is 0 Å². The van der Waals surface area contributed by atoms with Gasteiger partial charge >= 0.3 is 0 Å².